The van der Waals surface area contributed by atoms with E-state index in [0.29, 0.717) is 30.1 Å². The predicted octanol–water partition coefficient (Wildman–Crippen LogP) is 4.94. The summed E-state index contributed by atoms with van der Waals surface area (Å²) in [6.07, 6.45) is 11.2. The number of unbranched alkanes of at least 4 members (excludes halogenated alkanes) is 7. The van der Waals surface area contributed by atoms with Crippen molar-refractivity contribution < 1.29 is 23.8 Å². The van der Waals surface area contributed by atoms with Gasteiger partial charge in [-0.15, -0.1) is 0 Å². The SMILES string of the molecule is COC1=C(OC)C(=O)C(CCCCCCCCCCOc2ccccn2)=C(C)C1=O. The quantitative estimate of drug-likeness (QED) is 0.316. The van der Waals surface area contributed by atoms with E-state index in [-0.39, 0.29) is 23.1 Å². The molecule has 0 amide bonds. The third kappa shape index (κ3) is 6.71. The molecule has 1 heterocycles. The molecule has 0 spiro atoms. The molecule has 0 atom stereocenters. The minimum atomic E-state index is -0.254. The highest BCUT2D eigenvalue weighted by atomic mass is 16.5. The number of hydrogen-bond donors (Lipinski definition) is 0. The van der Waals surface area contributed by atoms with E-state index in [2.05, 4.69) is 4.98 Å². The van der Waals surface area contributed by atoms with E-state index in [1.165, 1.54) is 33.5 Å². The highest BCUT2D eigenvalue weighted by Gasteiger charge is 2.34. The second kappa shape index (κ2) is 12.8. The number of carbonyl (C=O) groups is 2. The average Bonchev–Trinajstić information content (AvgIpc) is 2.77. The van der Waals surface area contributed by atoms with Crippen molar-refractivity contribution in [3.05, 3.63) is 47.1 Å². The molecule has 1 aromatic heterocycles. The van der Waals surface area contributed by atoms with E-state index in [1.807, 2.05) is 18.2 Å². The number of hydrogen-bond acceptors (Lipinski definition) is 6. The summed E-state index contributed by atoms with van der Waals surface area (Å²) in [7, 11) is 2.77. The van der Waals surface area contributed by atoms with Gasteiger partial charge < -0.3 is 14.2 Å². The van der Waals surface area contributed by atoms with E-state index in [4.69, 9.17) is 14.2 Å². The Balaban J connectivity index is 1.56. The van der Waals surface area contributed by atoms with Gasteiger partial charge in [0, 0.05) is 23.4 Å². The van der Waals surface area contributed by atoms with Gasteiger partial charge in [-0.25, -0.2) is 4.98 Å². The molecule has 1 aliphatic rings. The van der Waals surface area contributed by atoms with Gasteiger partial charge in [0.25, 0.3) is 0 Å². The third-order valence-electron chi connectivity index (χ3n) is 5.30. The van der Waals surface area contributed by atoms with Gasteiger partial charge in [0.1, 0.15) is 0 Å². The lowest BCUT2D eigenvalue weighted by Gasteiger charge is -2.20. The molecular weight excluding hydrogens is 382 g/mol. The van der Waals surface area contributed by atoms with Crippen molar-refractivity contribution in [1.29, 1.82) is 0 Å². The van der Waals surface area contributed by atoms with Crippen LogP contribution in [0.5, 0.6) is 5.88 Å². The second-order valence-electron chi connectivity index (χ2n) is 7.42. The second-order valence-corrected chi connectivity index (χ2v) is 7.42. The van der Waals surface area contributed by atoms with Crippen LogP contribution in [0.3, 0.4) is 0 Å². The molecule has 6 nitrogen and oxygen atoms in total. The molecule has 0 radical (unpaired) electrons. The zero-order valence-corrected chi connectivity index (χ0v) is 18.4. The molecule has 0 unspecified atom stereocenters. The molecule has 0 N–H and O–H groups in total. The maximum absolute atomic E-state index is 12.6. The van der Waals surface area contributed by atoms with Crippen LogP contribution < -0.4 is 4.74 Å². The van der Waals surface area contributed by atoms with Crippen LogP contribution in [0.25, 0.3) is 0 Å². The molecule has 0 aliphatic heterocycles. The van der Waals surface area contributed by atoms with Crippen LogP contribution >= 0.6 is 0 Å². The lowest BCUT2D eigenvalue weighted by atomic mass is 9.89. The van der Waals surface area contributed by atoms with Crippen LogP contribution in [0, 0.1) is 0 Å². The monoisotopic (exact) mass is 415 g/mol. The van der Waals surface area contributed by atoms with Gasteiger partial charge in [-0.05, 0) is 32.3 Å². The number of ether oxygens (including phenoxy) is 3. The lowest BCUT2D eigenvalue weighted by Crippen LogP contribution is -2.25. The van der Waals surface area contributed by atoms with E-state index in [0.717, 1.165) is 32.1 Å². The fourth-order valence-corrected chi connectivity index (χ4v) is 3.57. The Kier molecular flexibility index (Phi) is 10.1. The van der Waals surface area contributed by atoms with E-state index < -0.39 is 0 Å². The number of nitrogens with zero attached hydrogens (tertiary/aromatic N) is 1. The fraction of sp³-hybridized carbons (Fsp3) is 0.542. The van der Waals surface area contributed by atoms with Gasteiger partial charge >= 0.3 is 0 Å². The summed E-state index contributed by atoms with van der Waals surface area (Å²) in [6.45, 7) is 2.40. The Morgan fingerprint density at radius 2 is 1.40 bits per heavy atom. The summed E-state index contributed by atoms with van der Waals surface area (Å²) in [5, 5.41) is 0. The molecule has 6 heteroatoms. The zero-order chi connectivity index (χ0) is 21.8. The number of Topliss-reactive ketones (excluding diaryl/α,β-unsaturated/α-hetero) is 2. The van der Waals surface area contributed by atoms with Gasteiger partial charge in [-0.2, -0.15) is 0 Å². The topological polar surface area (TPSA) is 74.7 Å². The zero-order valence-electron chi connectivity index (χ0n) is 18.4. The molecule has 164 valence electrons. The molecule has 0 saturated carbocycles. The maximum Gasteiger partial charge on any atom is 0.228 e. The number of aromatic nitrogens is 1. The molecule has 1 aromatic rings. The van der Waals surface area contributed by atoms with Gasteiger partial charge in [-0.1, -0.05) is 44.6 Å². The van der Waals surface area contributed by atoms with Crippen molar-refractivity contribution in [3.63, 3.8) is 0 Å². The van der Waals surface area contributed by atoms with Crippen LogP contribution in [-0.2, 0) is 19.1 Å². The molecule has 30 heavy (non-hydrogen) atoms. The number of rotatable bonds is 14. The number of ketones is 2. The predicted molar refractivity (Wildman–Crippen MR) is 115 cm³/mol. The van der Waals surface area contributed by atoms with Crippen LogP contribution in [-0.4, -0.2) is 37.4 Å². The highest BCUT2D eigenvalue weighted by Crippen LogP contribution is 2.28. The Hall–Kier alpha value is -2.63. The summed E-state index contributed by atoms with van der Waals surface area (Å²) < 4.78 is 15.8. The molecular formula is C24H33NO5. The minimum Gasteiger partial charge on any atom is -0.489 e. The Morgan fingerprint density at radius 1 is 0.800 bits per heavy atom. The van der Waals surface area contributed by atoms with Gasteiger partial charge in [0.2, 0.25) is 29.0 Å². The number of methoxy groups -OCH3 is 2. The van der Waals surface area contributed by atoms with Crippen molar-refractivity contribution in [2.45, 2.75) is 64.7 Å². The smallest absolute Gasteiger partial charge is 0.228 e. The van der Waals surface area contributed by atoms with Crippen molar-refractivity contribution in [2.24, 2.45) is 0 Å². The maximum atomic E-state index is 12.6. The molecule has 0 aromatic carbocycles. The molecule has 0 fully saturated rings. The van der Waals surface area contributed by atoms with E-state index >= 15 is 0 Å². The van der Waals surface area contributed by atoms with Gasteiger partial charge in [0.15, 0.2) is 0 Å². The number of carbonyl (C=O) groups excluding carboxylic acids is 2. The average molecular weight is 416 g/mol. The Morgan fingerprint density at radius 3 is 2.00 bits per heavy atom. The van der Waals surface area contributed by atoms with Gasteiger partial charge in [0.05, 0.1) is 20.8 Å². The first-order valence-electron chi connectivity index (χ1n) is 10.7. The number of allylic oxidation sites excluding steroid dienone is 2. The van der Waals surface area contributed by atoms with Crippen LogP contribution in [0.4, 0.5) is 0 Å². The fourth-order valence-electron chi connectivity index (χ4n) is 3.57. The summed E-state index contributed by atoms with van der Waals surface area (Å²) in [6, 6.07) is 5.67. The lowest BCUT2D eigenvalue weighted by molar-refractivity contribution is -0.121. The van der Waals surface area contributed by atoms with Crippen molar-refractivity contribution >= 4 is 11.6 Å². The Labute approximate surface area is 179 Å². The summed E-state index contributed by atoms with van der Waals surface area (Å²) >= 11 is 0. The third-order valence-corrected chi connectivity index (χ3v) is 5.30. The standard InChI is InChI=1S/C24H33NO5/c1-18-19(22(27)24(29-3)23(28-2)21(18)26)14-10-8-6-4-5-7-9-13-17-30-20-15-11-12-16-25-20/h11-12,15-16H,4-10,13-14,17H2,1-3H3. The largest absolute Gasteiger partial charge is 0.489 e. The van der Waals surface area contributed by atoms with Crippen molar-refractivity contribution in [3.8, 4) is 5.88 Å². The van der Waals surface area contributed by atoms with E-state index in [1.54, 1.807) is 13.1 Å². The van der Waals surface area contributed by atoms with Crippen LogP contribution in [0.15, 0.2) is 47.1 Å². The normalized spacial score (nSPS) is 14.4. The van der Waals surface area contributed by atoms with Crippen molar-refractivity contribution in [1.82, 2.24) is 4.98 Å². The van der Waals surface area contributed by atoms with Crippen molar-refractivity contribution in [2.75, 3.05) is 20.8 Å². The van der Waals surface area contributed by atoms with E-state index in [9.17, 15) is 9.59 Å². The first-order valence-corrected chi connectivity index (χ1v) is 10.7. The van der Waals surface area contributed by atoms with Crippen LogP contribution in [0.2, 0.25) is 0 Å². The van der Waals surface area contributed by atoms with Gasteiger partial charge in [-0.3, -0.25) is 9.59 Å². The molecule has 1 aliphatic carbocycles. The molecule has 0 bridgehead atoms. The molecule has 0 saturated heterocycles. The summed E-state index contributed by atoms with van der Waals surface area (Å²) in [4.78, 5) is 29.1. The summed E-state index contributed by atoms with van der Waals surface area (Å²) in [5.74, 6) is 0.243. The molecule has 2 rings (SSSR count). The van der Waals surface area contributed by atoms with Crippen LogP contribution in [0.1, 0.15) is 64.7 Å². The Bertz CT molecular complexity index is 767. The highest BCUT2D eigenvalue weighted by molar-refractivity contribution is 6.23. The first-order chi connectivity index (χ1) is 14.6. The number of pyridine rings is 1. The first kappa shape index (κ1) is 23.6. The minimum absolute atomic E-state index is 0.00850. The summed E-state index contributed by atoms with van der Waals surface area (Å²) in [5.41, 5.74) is 1.04.